The lowest BCUT2D eigenvalue weighted by molar-refractivity contribution is 0.256. The van der Waals surface area contributed by atoms with Crippen LogP contribution in [0.25, 0.3) is 0 Å². The molecule has 0 aromatic heterocycles. The number of benzene rings is 1. The van der Waals surface area contributed by atoms with Crippen molar-refractivity contribution in [3.8, 4) is 17.6 Å². The lowest BCUT2D eigenvalue weighted by Crippen LogP contribution is -2.08. The number of nitrogens with two attached hydrogens (primary N) is 1. The van der Waals surface area contributed by atoms with E-state index in [0.29, 0.717) is 12.5 Å². The first-order valence-electron chi connectivity index (χ1n) is 5.68. The Morgan fingerprint density at radius 3 is 2.81 bits per heavy atom. The standard InChI is InChI=1S/C14H19NO/c1-3-12(2)11-16-14-9-5-4-7-13(14)8-6-10-15/h4-5,7,9,12H,3,10-11,15H2,1-2H3. The molecule has 0 radical (unpaired) electrons. The largest absolute Gasteiger partial charge is 0.492 e. The number of hydrogen-bond donors (Lipinski definition) is 1. The highest BCUT2D eigenvalue weighted by Gasteiger charge is 2.03. The normalized spacial score (nSPS) is 11.4. The first-order chi connectivity index (χ1) is 7.77. The molecule has 0 heterocycles. The van der Waals surface area contributed by atoms with E-state index in [1.165, 1.54) is 0 Å². The number of rotatable bonds is 4. The van der Waals surface area contributed by atoms with Crippen LogP contribution in [-0.2, 0) is 0 Å². The van der Waals surface area contributed by atoms with Crippen molar-refractivity contribution in [2.45, 2.75) is 20.3 Å². The average Bonchev–Trinajstić information content (AvgIpc) is 2.34. The zero-order valence-corrected chi connectivity index (χ0v) is 9.99. The van der Waals surface area contributed by atoms with E-state index in [1.54, 1.807) is 0 Å². The Bertz CT molecular complexity index is 376. The predicted octanol–water partition coefficient (Wildman–Crippen LogP) is 2.42. The Morgan fingerprint density at radius 1 is 1.38 bits per heavy atom. The molecule has 86 valence electrons. The number of ether oxygens (including phenoxy) is 1. The van der Waals surface area contributed by atoms with Gasteiger partial charge in [-0.15, -0.1) is 0 Å². The zero-order valence-electron chi connectivity index (χ0n) is 9.99. The molecular formula is C14H19NO. The fraction of sp³-hybridized carbons (Fsp3) is 0.429. The van der Waals surface area contributed by atoms with E-state index in [4.69, 9.17) is 10.5 Å². The molecular weight excluding hydrogens is 198 g/mol. The van der Waals surface area contributed by atoms with E-state index < -0.39 is 0 Å². The van der Waals surface area contributed by atoms with E-state index in [0.717, 1.165) is 24.3 Å². The summed E-state index contributed by atoms with van der Waals surface area (Å²) in [5, 5.41) is 0. The molecule has 16 heavy (non-hydrogen) atoms. The van der Waals surface area contributed by atoms with Crippen molar-refractivity contribution in [1.29, 1.82) is 0 Å². The van der Waals surface area contributed by atoms with Crippen LogP contribution in [0.5, 0.6) is 5.75 Å². The zero-order chi connectivity index (χ0) is 11.8. The summed E-state index contributed by atoms with van der Waals surface area (Å²) in [6.45, 7) is 5.44. The van der Waals surface area contributed by atoms with Crippen LogP contribution in [0.3, 0.4) is 0 Å². The molecule has 2 nitrogen and oxygen atoms in total. The molecule has 0 saturated heterocycles. The Morgan fingerprint density at radius 2 is 2.12 bits per heavy atom. The van der Waals surface area contributed by atoms with Crippen molar-refractivity contribution in [1.82, 2.24) is 0 Å². The molecule has 0 saturated carbocycles. The third-order valence-corrected chi connectivity index (χ3v) is 2.43. The van der Waals surface area contributed by atoms with Crippen LogP contribution in [0.2, 0.25) is 0 Å². The summed E-state index contributed by atoms with van der Waals surface area (Å²) in [6.07, 6.45) is 1.12. The monoisotopic (exact) mass is 217 g/mol. The van der Waals surface area contributed by atoms with Crippen LogP contribution in [-0.4, -0.2) is 13.2 Å². The van der Waals surface area contributed by atoms with Crippen molar-refractivity contribution in [3.63, 3.8) is 0 Å². The second kappa shape index (κ2) is 6.92. The van der Waals surface area contributed by atoms with Gasteiger partial charge in [0, 0.05) is 0 Å². The highest BCUT2D eigenvalue weighted by atomic mass is 16.5. The number of hydrogen-bond acceptors (Lipinski definition) is 2. The summed E-state index contributed by atoms with van der Waals surface area (Å²) < 4.78 is 5.74. The lowest BCUT2D eigenvalue weighted by atomic mass is 10.1. The van der Waals surface area contributed by atoms with Gasteiger partial charge in [0.05, 0.1) is 18.7 Å². The van der Waals surface area contributed by atoms with Crippen molar-refractivity contribution < 1.29 is 4.74 Å². The molecule has 0 bridgehead atoms. The summed E-state index contributed by atoms with van der Waals surface area (Å²) in [5.74, 6) is 7.28. The second-order valence-electron chi connectivity index (χ2n) is 3.83. The van der Waals surface area contributed by atoms with Crippen LogP contribution in [0, 0.1) is 17.8 Å². The molecule has 0 aliphatic heterocycles. The van der Waals surface area contributed by atoms with Gasteiger partial charge in [-0.1, -0.05) is 44.2 Å². The quantitative estimate of drug-likeness (QED) is 0.786. The second-order valence-corrected chi connectivity index (χ2v) is 3.83. The molecule has 1 atom stereocenters. The molecule has 1 aromatic carbocycles. The van der Waals surface area contributed by atoms with E-state index in [2.05, 4.69) is 25.7 Å². The van der Waals surface area contributed by atoms with Gasteiger partial charge >= 0.3 is 0 Å². The molecule has 0 aliphatic carbocycles. The third kappa shape index (κ3) is 3.96. The van der Waals surface area contributed by atoms with Gasteiger partial charge in [-0.25, -0.2) is 0 Å². The minimum absolute atomic E-state index is 0.375. The Labute approximate surface area is 97.8 Å². The highest BCUT2D eigenvalue weighted by molar-refractivity contribution is 5.45. The van der Waals surface area contributed by atoms with Gasteiger partial charge < -0.3 is 10.5 Å². The highest BCUT2D eigenvalue weighted by Crippen LogP contribution is 2.17. The molecule has 0 spiro atoms. The fourth-order valence-corrected chi connectivity index (χ4v) is 1.19. The van der Waals surface area contributed by atoms with Crippen molar-refractivity contribution in [2.75, 3.05) is 13.2 Å². The minimum atomic E-state index is 0.375. The van der Waals surface area contributed by atoms with Crippen molar-refractivity contribution in [2.24, 2.45) is 11.7 Å². The molecule has 0 amide bonds. The van der Waals surface area contributed by atoms with Gasteiger partial charge in [0.2, 0.25) is 0 Å². The van der Waals surface area contributed by atoms with Gasteiger partial charge in [-0.3, -0.25) is 0 Å². The first kappa shape index (κ1) is 12.6. The SMILES string of the molecule is CCC(C)COc1ccccc1C#CCN. The Hall–Kier alpha value is -1.46. The average molecular weight is 217 g/mol. The topological polar surface area (TPSA) is 35.2 Å². The van der Waals surface area contributed by atoms with Crippen LogP contribution in [0.4, 0.5) is 0 Å². The van der Waals surface area contributed by atoms with E-state index in [-0.39, 0.29) is 0 Å². The Balaban J connectivity index is 2.71. The summed E-state index contributed by atoms with van der Waals surface area (Å²) >= 11 is 0. The van der Waals surface area contributed by atoms with Gasteiger partial charge in [0.25, 0.3) is 0 Å². The summed E-state index contributed by atoms with van der Waals surface area (Å²) in [6, 6.07) is 7.81. The molecule has 0 aliphatic rings. The van der Waals surface area contributed by atoms with E-state index in [1.807, 2.05) is 24.3 Å². The molecule has 0 fully saturated rings. The lowest BCUT2D eigenvalue weighted by Gasteiger charge is -2.12. The van der Waals surface area contributed by atoms with E-state index >= 15 is 0 Å². The molecule has 1 rings (SSSR count). The van der Waals surface area contributed by atoms with Crippen molar-refractivity contribution >= 4 is 0 Å². The van der Waals surface area contributed by atoms with Crippen LogP contribution < -0.4 is 10.5 Å². The third-order valence-electron chi connectivity index (χ3n) is 2.43. The van der Waals surface area contributed by atoms with Crippen LogP contribution in [0.1, 0.15) is 25.8 Å². The molecule has 2 heteroatoms. The summed E-state index contributed by atoms with van der Waals surface area (Å²) in [5.41, 5.74) is 6.27. The molecule has 1 aromatic rings. The van der Waals surface area contributed by atoms with Gasteiger partial charge in [-0.2, -0.15) is 0 Å². The molecule has 2 N–H and O–H groups in total. The number of para-hydroxylation sites is 1. The maximum absolute atomic E-state index is 5.74. The molecule has 1 unspecified atom stereocenters. The van der Waals surface area contributed by atoms with Crippen LogP contribution >= 0.6 is 0 Å². The maximum Gasteiger partial charge on any atom is 0.134 e. The summed E-state index contributed by atoms with van der Waals surface area (Å²) in [7, 11) is 0. The summed E-state index contributed by atoms with van der Waals surface area (Å²) in [4.78, 5) is 0. The predicted molar refractivity (Wildman–Crippen MR) is 67.3 cm³/mol. The van der Waals surface area contributed by atoms with Gasteiger partial charge in [0.15, 0.2) is 0 Å². The van der Waals surface area contributed by atoms with E-state index in [9.17, 15) is 0 Å². The minimum Gasteiger partial charge on any atom is -0.492 e. The van der Waals surface area contributed by atoms with Gasteiger partial charge in [-0.05, 0) is 18.1 Å². The smallest absolute Gasteiger partial charge is 0.134 e. The first-order valence-corrected chi connectivity index (χ1v) is 5.68. The fourth-order valence-electron chi connectivity index (χ4n) is 1.19. The van der Waals surface area contributed by atoms with Gasteiger partial charge in [0.1, 0.15) is 5.75 Å². The van der Waals surface area contributed by atoms with Crippen molar-refractivity contribution in [3.05, 3.63) is 29.8 Å². The van der Waals surface area contributed by atoms with Crippen LogP contribution in [0.15, 0.2) is 24.3 Å². The maximum atomic E-state index is 5.74. The Kier molecular flexibility index (Phi) is 5.45.